The maximum Gasteiger partial charge on any atom is 0.216 e. The second-order valence-corrected chi connectivity index (χ2v) is 12.9. The predicted molar refractivity (Wildman–Crippen MR) is 147 cm³/mol. The Morgan fingerprint density at radius 3 is 2.34 bits per heavy atom. The molecule has 0 bridgehead atoms. The van der Waals surface area contributed by atoms with E-state index in [0.717, 1.165) is 69.4 Å². The lowest BCUT2D eigenvalue weighted by Crippen LogP contribution is -2.48. The van der Waals surface area contributed by atoms with E-state index >= 15 is 0 Å². The molecule has 7 nitrogen and oxygen atoms in total. The highest BCUT2D eigenvalue weighted by molar-refractivity contribution is 8.00. The fraction of sp³-hybridized carbons (Fsp3) is 0.462. The third kappa shape index (κ3) is 6.21. The van der Waals surface area contributed by atoms with Gasteiger partial charge in [-0.25, -0.2) is 8.51 Å². The number of nitrogens with zero attached hydrogens (tertiary/aromatic N) is 4. The summed E-state index contributed by atoms with van der Waals surface area (Å²) in [5.41, 5.74) is 2.33. The molecule has 1 amide bonds. The summed E-state index contributed by atoms with van der Waals surface area (Å²) in [5, 5.41) is 2.88. The van der Waals surface area contributed by atoms with Gasteiger partial charge < -0.3 is 15.1 Å². The summed E-state index contributed by atoms with van der Waals surface area (Å²) in [4.78, 5) is 21.6. The number of hydrogen-bond donors (Lipinski definition) is 1. The minimum absolute atomic E-state index is 0.0364. The van der Waals surface area contributed by atoms with Crippen molar-refractivity contribution >= 4 is 44.6 Å². The maximum absolute atomic E-state index is 13.2. The summed E-state index contributed by atoms with van der Waals surface area (Å²) in [7, 11) is 1.13. The quantitative estimate of drug-likeness (QED) is 0.518. The molecule has 1 N–H and O–H groups in total. The van der Waals surface area contributed by atoms with Gasteiger partial charge in [-0.1, -0.05) is 23.9 Å². The topological polar surface area (TPSA) is 59.1 Å². The molecule has 2 aliphatic rings. The molecule has 1 saturated heterocycles. The number of anilines is 2. The molecule has 9 heteroatoms. The lowest BCUT2D eigenvalue weighted by Gasteiger charge is -2.36. The Morgan fingerprint density at radius 1 is 1.00 bits per heavy atom. The van der Waals surface area contributed by atoms with Gasteiger partial charge in [-0.05, 0) is 63.3 Å². The number of para-hydroxylation sites is 1. The van der Waals surface area contributed by atoms with Gasteiger partial charge in [0.1, 0.15) is 0 Å². The second-order valence-electron chi connectivity index (χ2n) is 9.32. The number of nitrogens with one attached hydrogen (secondary N) is 1. The molecule has 4 rings (SSSR count). The molecule has 1 fully saturated rings. The molecule has 0 spiro atoms. The first-order valence-electron chi connectivity index (χ1n) is 12.2. The number of carbonyl (C=O) groups is 1. The van der Waals surface area contributed by atoms with Crippen molar-refractivity contribution in [2.24, 2.45) is 0 Å². The van der Waals surface area contributed by atoms with Crippen molar-refractivity contribution in [1.29, 1.82) is 0 Å². The SMILES string of the molecule is C=S(=O)(c1ccc2c(c1)N(CCCN1CCN(CCNC(C)=O)CC1)c1ccccc1S2)N(C)C. The van der Waals surface area contributed by atoms with Gasteiger partial charge in [0.2, 0.25) is 5.91 Å². The minimum atomic E-state index is -2.50. The predicted octanol–water partition coefficient (Wildman–Crippen LogP) is 2.99. The number of benzene rings is 2. The van der Waals surface area contributed by atoms with Crippen LogP contribution in [0.5, 0.6) is 0 Å². The molecule has 35 heavy (non-hydrogen) atoms. The average Bonchev–Trinajstić information content (AvgIpc) is 2.84. The van der Waals surface area contributed by atoms with Crippen molar-refractivity contribution < 1.29 is 9.00 Å². The average molecular weight is 516 g/mol. The van der Waals surface area contributed by atoms with Crippen LogP contribution in [-0.4, -0.2) is 96.5 Å². The highest BCUT2D eigenvalue weighted by Crippen LogP contribution is 2.48. The van der Waals surface area contributed by atoms with E-state index in [2.05, 4.69) is 62.3 Å². The molecule has 0 saturated carbocycles. The van der Waals surface area contributed by atoms with Crippen LogP contribution in [-0.2, 0) is 14.5 Å². The monoisotopic (exact) mass is 515 g/mol. The first-order valence-corrected chi connectivity index (χ1v) is 14.7. The summed E-state index contributed by atoms with van der Waals surface area (Å²) < 4.78 is 14.9. The smallest absolute Gasteiger partial charge is 0.216 e. The molecule has 0 aliphatic carbocycles. The Hall–Kier alpha value is -2.04. The van der Waals surface area contributed by atoms with Gasteiger partial charge in [-0.3, -0.25) is 9.69 Å². The molecule has 190 valence electrons. The van der Waals surface area contributed by atoms with E-state index < -0.39 is 9.71 Å². The zero-order valence-electron chi connectivity index (χ0n) is 21.0. The zero-order chi connectivity index (χ0) is 25.0. The highest BCUT2D eigenvalue weighted by atomic mass is 32.2. The Balaban J connectivity index is 1.41. The normalized spacial score (nSPS) is 18.1. The zero-order valence-corrected chi connectivity index (χ0v) is 22.7. The third-order valence-corrected chi connectivity index (χ3v) is 9.98. The van der Waals surface area contributed by atoms with Crippen LogP contribution in [0, 0.1) is 0 Å². The summed E-state index contributed by atoms with van der Waals surface area (Å²) in [6.45, 7) is 9.33. The van der Waals surface area contributed by atoms with E-state index in [1.807, 2.05) is 20.2 Å². The van der Waals surface area contributed by atoms with Gasteiger partial charge in [0.05, 0.1) is 21.1 Å². The lowest BCUT2D eigenvalue weighted by atomic mass is 10.2. The number of piperazine rings is 1. The first-order chi connectivity index (χ1) is 16.8. The van der Waals surface area contributed by atoms with Crippen LogP contribution in [0.1, 0.15) is 13.3 Å². The first kappa shape index (κ1) is 26.0. The third-order valence-electron chi connectivity index (χ3n) is 6.68. The molecule has 1 atom stereocenters. The molecular weight excluding hydrogens is 478 g/mol. The molecule has 0 radical (unpaired) electrons. The van der Waals surface area contributed by atoms with E-state index in [4.69, 9.17) is 0 Å². The summed E-state index contributed by atoms with van der Waals surface area (Å²) in [5.74, 6) is 4.05. The molecule has 2 aromatic rings. The van der Waals surface area contributed by atoms with E-state index in [1.165, 1.54) is 15.5 Å². The summed E-state index contributed by atoms with van der Waals surface area (Å²) in [6.07, 6.45) is 1.04. The van der Waals surface area contributed by atoms with Gasteiger partial charge in [0, 0.05) is 67.4 Å². The Labute approximate surface area is 214 Å². The van der Waals surface area contributed by atoms with Gasteiger partial charge in [0.15, 0.2) is 0 Å². The van der Waals surface area contributed by atoms with E-state index in [-0.39, 0.29) is 5.91 Å². The molecule has 2 aliphatic heterocycles. The van der Waals surface area contributed by atoms with Gasteiger partial charge in [0.25, 0.3) is 0 Å². The number of hydrogen-bond acceptors (Lipinski definition) is 6. The van der Waals surface area contributed by atoms with Crippen molar-refractivity contribution in [2.45, 2.75) is 28.0 Å². The van der Waals surface area contributed by atoms with Crippen molar-refractivity contribution in [3.63, 3.8) is 0 Å². The van der Waals surface area contributed by atoms with Crippen LogP contribution in [0.3, 0.4) is 0 Å². The van der Waals surface area contributed by atoms with Crippen molar-refractivity contribution in [3.05, 3.63) is 42.5 Å². The van der Waals surface area contributed by atoms with Crippen LogP contribution < -0.4 is 10.2 Å². The van der Waals surface area contributed by atoms with Crippen molar-refractivity contribution in [3.8, 4) is 0 Å². The summed E-state index contributed by atoms with van der Waals surface area (Å²) in [6, 6.07) is 14.6. The van der Waals surface area contributed by atoms with Gasteiger partial charge >= 0.3 is 0 Å². The largest absolute Gasteiger partial charge is 0.355 e. The Bertz CT molecular complexity index is 1140. The van der Waals surface area contributed by atoms with Gasteiger partial charge in [-0.2, -0.15) is 0 Å². The lowest BCUT2D eigenvalue weighted by molar-refractivity contribution is -0.119. The number of carbonyl (C=O) groups excluding carboxylic acids is 1. The van der Waals surface area contributed by atoms with Crippen molar-refractivity contribution in [2.75, 3.05) is 71.4 Å². The molecule has 1 unspecified atom stereocenters. The fourth-order valence-corrected chi connectivity index (χ4v) is 6.61. The van der Waals surface area contributed by atoms with E-state index in [1.54, 1.807) is 23.0 Å². The van der Waals surface area contributed by atoms with Gasteiger partial charge in [-0.15, -0.1) is 0 Å². The second kappa shape index (κ2) is 11.3. The van der Waals surface area contributed by atoms with Crippen LogP contribution in [0.15, 0.2) is 57.2 Å². The molecule has 0 aromatic heterocycles. The molecule has 2 heterocycles. The fourth-order valence-electron chi connectivity index (χ4n) is 4.54. The van der Waals surface area contributed by atoms with Crippen LogP contribution in [0.25, 0.3) is 0 Å². The van der Waals surface area contributed by atoms with Crippen molar-refractivity contribution in [1.82, 2.24) is 19.4 Å². The Morgan fingerprint density at radius 2 is 1.66 bits per heavy atom. The van der Waals surface area contributed by atoms with E-state index in [9.17, 15) is 9.00 Å². The van der Waals surface area contributed by atoms with Crippen LogP contribution in [0.4, 0.5) is 11.4 Å². The summed E-state index contributed by atoms with van der Waals surface area (Å²) >= 11 is 1.77. The van der Waals surface area contributed by atoms with Crippen LogP contribution in [0.2, 0.25) is 0 Å². The minimum Gasteiger partial charge on any atom is -0.355 e. The number of fused-ring (bicyclic) bond motifs is 2. The number of rotatable bonds is 9. The standard InChI is InChI=1S/C26H37N5O2S2/c1-21(32)27-12-15-30-18-16-29(17-19-30)13-7-14-31-23-8-5-6-9-25(23)34-26-11-10-22(20-24(26)31)35(4,33)28(2)3/h5-6,8-11,20H,4,7,12-19H2,1-3H3,(H,27,32). The Kier molecular flexibility index (Phi) is 8.44. The number of amides is 1. The van der Waals surface area contributed by atoms with Crippen LogP contribution >= 0.6 is 11.8 Å². The molecular formula is C26H37N5O2S2. The highest BCUT2D eigenvalue weighted by Gasteiger charge is 2.25. The van der Waals surface area contributed by atoms with E-state index in [0.29, 0.717) is 0 Å². The molecule has 2 aromatic carbocycles. The maximum atomic E-state index is 13.2.